The van der Waals surface area contributed by atoms with Crippen molar-refractivity contribution < 1.29 is 18.3 Å². The van der Waals surface area contributed by atoms with Crippen LogP contribution in [0.5, 0.6) is 0 Å². The highest BCUT2D eigenvalue weighted by molar-refractivity contribution is 9.10. The number of carboxylic acids is 1. The second-order valence-corrected chi connectivity index (χ2v) is 6.74. The fourth-order valence-corrected chi connectivity index (χ4v) is 3.66. The number of nitrogens with zero attached hydrogens (tertiary/aromatic N) is 1. The van der Waals surface area contributed by atoms with E-state index in [2.05, 4.69) is 20.7 Å². The van der Waals surface area contributed by atoms with Crippen LogP contribution in [-0.2, 0) is 10.2 Å². The van der Waals surface area contributed by atoms with E-state index in [1.807, 2.05) is 0 Å². The van der Waals surface area contributed by atoms with Gasteiger partial charge in [0.1, 0.15) is 0 Å². The quantitative estimate of drug-likeness (QED) is 0.869. The third kappa shape index (κ3) is 3.26. The van der Waals surface area contributed by atoms with Crippen molar-refractivity contribution in [3.63, 3.8) is 0 Å². The van der Waals surface area contributed by atoms with Crippen LogP contribution in [0.25, 0.3) is 0 Å². The molecule has 0 atom stereocenters. The minimum absolute atomic E-state index is 0.0299. The molecule has 0 amide bonds. The van der Waals surface area contributed by atoms with Gasteiger partial charge in [0.05, 0.1) is 11.3 Å². The summed E-state index contributed by atoms with van der Waals surface area (Å²) in [6, 6.07) is 4.20. The summed E-state index contributed by atoms with van der Waals surface area (Å²) < 4.78 is 28.4. The zero-order chi connectivity index (χ0) is 14.0. The van der Waals surface area contributed by atoms with Crippen LogP contribution in [0, 0.1) is 0 Å². The van der Waals surface area contributed by atoms with E-state index in [9.17, 15) is 13.2 Å². The SMILES string of the molecule is O=C(O)c1ccc(Br)c(NS(=O)(=O)N2CCCC2)c1. The predicted octanol–water partition coefficient (Wildman–Crippen LogP) is 1.90. The summed E-state index contributed by atoms with van der Waals surface area (Å²) in [6.45, 7) is 0.983. The van der Waals surface area contributed by atoms with Crippen molar-refractivity contribution >= 4 is 37.8 Å². The molecular weight excluding hydrogens is 336 g/mol. The fourth-order valence-electron chi connectivity index (χ4n) is 1.87. The molecule has 0 saturated carbocycles. The molecule has 0 spiro atoms. The summed E-state index contributed by atoms with van der Waals surface area (Å²) in [5.74, 6) is -1.10. The Kier molecular flexibility index (Phi) is 4.12. The van der Waals surface area contributed by atoms with E-state index in [0.717, 1.165) is 12.8 Å². The Bertz CT molecular complexity index is 597. The molecule has 6 nitrogen and oxygen atoms in total. The lowest BCUT2D eigenvalue weighted by molar-refractivity contribution is 0.0697. The van der Waals surface area contributed by atoms with E-state index in [0.29, 0.717) is 17.6 Å². The van der Waals surface area contributed by atoms with Crippen LogP contribution in [0.3, 0.4) is 0 Å². The molecule has 104 valence electrons. The van der Waals surface area contributed by atoms with Crippen LogP contribution < -0.4 is 4.72 Å². The first-order valence-corrected chi connectivity index (χ1v) is 7.94. The summed E-state index contributed by atoms with van der Waals surface area (Å²) in [5.41, 5.74) is 0.258. The van der Waals surface area contributed by atoms with E-state index >= 15 is 0 Å². The number of rotatable bonds is 4. The molecule has 2 rings (SSSR count). The lowest BCUT2D eigenvalue weighted by atomic mass is 10.2. The Morgan fingerprint density at radius 2 is 1.95 bits per heavy atom. The van der Waals surface area contributed by atoms with Gasteiger partial charge in [0.2, 0.25) is 0 Å². The van der Waals surface area contributed by atoms with Gasteiger partial charge < -0.3 is 5.11 Å². The summed E-state index contributed by atoms with van der Waals surface area (Å²) in [5, 5.41) is 8.91. The highest BCUT2D eigenvalue weighted by Gasteiger charge is 2.25. The molecule has 1 saturated heterocycles. The van der Waals surface area contributed by atoms with Gasteiger partial charge >= 0.3 is 16.2 Å². The molecule has 1 aromatic carbocycles. The second kappa shape index (κ2) is 5.48. The van der Waals surface area contributed by atoms with Gasteiger partial charge in [-0.15, -0.1) is 0 Å². The number of anilines is 1. The van der Waals surface area contributed by atoms with Crippen molar-refractivity contribution in [1.82, 2.24) is 4.31 Å². The lowest BCUT2D eigenvalue weighted by Gasteiger charge is -2.17. The highest BCUT2D eigenvalue weighted by Crippen LogP contribution is 2.26. The number of halogens is 1. The van der Waals surface area contributed by atoms with Gasteiger partial charge in [0, 0.05) is 17.6 Å². The molecule has 1 aliphatic heterocycles. The topological polar surface area (TPSA) is 86.7 Å². The fraction of sp³-hybridized carbons (Fsp3) is 0.364. The molecule has 0 aliphatic carbocycles. The molecular formula is C11H13BrN2O4S. The van der Waals surface area contributed by atoms with E-state index in [4.69, 9.17) is 5.11 Å². The highest BCUT2D eigenvalue weighted by atomic mass is 79.9. The number of hydrogen-bond acceptors (Lipinski definition) is 3. The maximum atomic E-state index is 12.1. The predicted molar refractivity (Wildman–Crippen MR) is 74.5 cm³/mol. The van der Waals surface area contributed by atoms with E-state index in [-0.39, 0.29) is 11.3 Å². The molecule has 1 aliphatic rings. The second-order valence-electron chi connectivity index (χ2n) is 4.21. The smallest absolute Gasteiger partial charge is 0.335 e. The summed E-state index contributed by atoms with van der Waals surface area (Å²) in [4.78, 5) is 10.9. The Labute approximate surface area is 119 Å². The molecule has 0 aromatic heterocycles. The first-order valence-electron chi connectivity index (χ1n) is 5.71. The maximum absolute atomic E-state index is 12.1. The summed E-state index contributed by atoms with van der Waals surface area (Å²) in [6.07, 6.45) is 1.69. The normalized spacial score (nSPS) is 16.5. The molecule has 0 unspecified atom stereocenters. The third-order valence-corrected chi connectivity index (χ3v) is 5.07. The van der Waals surface area contributed by atoms with Crippen LogP contribution in [0.1, 0.15) is 23.2 Å². The zero-order valence-corrected chi connectivity index (χ0v) is 12.4. The average molecular weight is 349 g/mol. The standard InChI is InChI=1S/C11H13BrN2O4S/c12-9-4-3-8(11(15)16)7-10(9)13-19(17,18)14-5-1-2-6-14/h3-4,7,13H,1-2,5-6H2,(H,15,16). The first-order chi connectivity index (χ1) is 8.90. The van der Waals surface area contributed by atoms with Crippen molar-refractivity contribution in [2.24, 2.45) is 0 Å². The van der Waals surface area contributed by atoms with Gasteiger partial charge in [-0.1, -0.05) is 0 Å². The number of carbonyl (C=O) groups is 1. The van der Waals surface area contributed by atoms with Crippen LogP contribution >= 0.6 is 15.9 Å². The number of nitrogens with one attached hydrogen (secondary N) is 1. The van der Waals surface area contributed by atoms with Crippen molar-refractivity contribution in [1.29, 1.82) is 0 Å². The Morgan fingerprint density at radius 1 is 1.32 bits per heavy atom. The lowest BCUT2D eigenvalue weighted by Crippen LogP contribution is -2.33. The summed E-state index contributed by atoms with van der Waals surface area (Å²) in [7, 11) is -3.62. The molecule has 19 heavy (non-hydrogen) atoms. The molecule has 0 radical (unpaired) electrons. The minimum Gasteiger partial charge on any atom is -0.478 e. The van der Waals surface area contributed by atoms with Gasteiger partial charge in [0.15, 0.2) is 0 Å². The number of carboxylic acid groups (broad SMARTS) is 1. The number of benzene rings is 1. The van der Waals surface area contributed by atoms with Crippen LogP contribution in [0.4, 0.5) is 5.69 Å². The molecule has 1 fully saturated rings. The third-order valence-electron chi connectivity index (χ3n) is 2.86. The average Bonchev–Trinajstić information content (AvgIpc) is 2.85. The Balaban J connectivity index is 2.27. The van der Waals surface area contributed by atoms with Crippen molar-refractivity contribution in [3.8, 4) is 0 Å². The van der Waals surface area contributed by atoms with Gasteiger partial charge in [-0.2, -0.15) is 12.7 Å². The molecule has 2 N–H and O–H groups in total. The van der Waals surface area contributed by atoms with Gasteiger partial charge in [-0.05, 0) is 47.0 Å². The van der Waals surface area contributed by atoms with Crippen LogP contribution in [-0.4, -0.2) is 36.9 Å². The van der Waals surface area contributed by atoms with Crippen molar-refractivity contribution in [2.45, 2.75) is 12.8 Å². The number of aromatic carboxylic acids is 1. The van der Waals surface area contributed by atoms with Crippen molar-refractivity contribution in [3.05, 3.63) is 28.2 Å². The minimum atomic E-state index is -3.62. The molecule has 8 heteroatoms. The number of hydrogen-bond donors (Lipinski definition) is 2. The molecule has 1 aromatic rings. The van der Waals surface area contributed by atoms with Gasteiger partial charge in [-0.3, -0.25) is 4.72 Å². The molecule has 0 bridgehead atoms. The largest absolute Gasteiger partial charge is 0.478 e. The van der Waals surface area contributed by atoms with Crippen LogP contribution in [0.2, 0.25) is 0 Å². The van der Waals surface area contributed by atoms with E-state index in [1.54, 1.807) is 0 Å². The van der Waals surface area contributed by atoms with Gasteiger partial charge in [-0.25, -0.2) is 4.79 Å². The Morgan fingerprint density at radius 3 is 2.53 bits per heavy atom. The Hall–Kier alpha value is -1.12. The van der Waals surface area contributed by atoms with E-state index < -0.39 is 16.2 Å². The van der Waals surface area contributed by atoms with Gasteiger partial charge in [0.25, 0.3) is 0 Å². The monoisotopic (exact) mass is 348 g/mol. The zero-order valence-electron chi connectivity index (χ0n) is 9.97. The maximum Gasteiger partial charge on any atom is 0.335 e. The summed E-state index contributed by atoms with van der Waals surface area (Å²) >= 11 is 3.20. The first kappa shape index (κ1) is 14.3. The van der Waals surface area contributed by atoms with Crippen LogP contribution in [0.15, 0.2) is 22.7 Å². The van der Waals surface area contributed by atoms with E-state index in [1.165, 1.54) is 22.5 Å². The van der Waals surface area contributed by atoms with Crippen molar-refractivity contribution in [2.75, 3.05) is 17.8 Å². The molecule has 1 heterocycles.